The van der Waals surface area contributed by atoms with Gasteiger partial charge in [-0.1, -0.05) is 0 Å². The van der Waals surface area contributed by atoms with Crippen LogP contribution in [0.25, 0.3) is 0 Å². The summed E-state index contributed by atoms with van der Waals surface area (Å²) >= 11 is 0. The van der Waals surface area contributed by atoms with Crippen LogP contribution in [-0.4, -0.2) is 4.57 Å². The zero-order valence-corrected chi connectivity index (χ0v) is 6.02. The highest BCUT2D eigenvalue weighted by Crippen LogP contribution is 2.02. The summed E-state index contributed by atoms with van der Waals surface area (Å²) in [4.78, 5) is 0. The quantitative estimate of drug-likeness (QED) is 0.551. The van der Waals surface area contributed by atoms with Gasteiger partial charge in [0, 0.05) is 12.7 Å². The van der Waals surface area contributed by atoms with E-state index >= 15 is 0 Å². The average Bonchev–Trinajstić information content (AvgIpc) is 2.15. The molecule has 0 aromatic carbocycles. The first-order chi connectivity index (χ1) is 4.25. The van der Waals surface area contributed by atoms with Crippen molar-refractivity contribution in [2.24, 2.45) is 7.05 Å². The fourth-order valence-corrected chi connectivity index (χ4v) is 0.918. The van der Waals surface area contributed by atoms with Gasteiger partial charge in [0.2, 0.25) is 0 Å². The number of hydrogen-bond donors (Lipinski definition) is 1. The fourth-order valence-electron chi connectivity index (χ4n) is 0.918. The third kappa shape index (κ3) is 0.980. The van der Waals surface area contributed by atoms with Gasteiger partial charge in [0.1, 0.15) is 6.54 Å². The van der Waals surface area contributed by atoms with E-state index in [1.165, 1.54) is 11.4 Å². The van der Waals surface area contributed by atoms with Gasteiger partial charge in [0.25, 0.3) is 0 Å². The van der Waals surface area contributed by atoms with Crippen LogP contribution >= 0.6 is 0 Å². The molecule has 0 saturated carbocycles. The van der Waals surface area contributed by atoms with Crippen LogP contribution in [0.5, 0.6) is 0 Å². The highest BCUT2D eigenvalue weighted by atomic mass is 15.0. The van der Waals surface area contributed by atoms with Crippen LogP contribution in [-0.2, 0) is 13.6 Å². The van der Waals surface area contributed by atoms with Crippen LogP contribution in [0.4, 0.5) is 0 Å². The Morgan fingerprint density at radius 3 is 2.44 bits per heavy atom. The molecule has 0 fully saturated rings. The molecule has 0 aliphatic heterocycles. The van der Waals surface area contributed by atoms with Crippen LogP contribution in [0, 0.1) is 6.92 Å². The van der Waals surface area contributed by atoms with Gasteiger partial charge in [-0.05, 0) is 19.1 Å². The summed E-state index contributed by atoms with van der Waals surface area (Å²) in [5, 5.41) is 0. The van der Waals surface area contributed by atoms with Crippen molar-refractivity contribution in [2.75, 3.05) is 0 Å². The second kappa shape index (κ2) is 2.23. The Balaban J connectivity index is 3.04. The molecule has 0 bridgehead atoms. The lowest BCUT2D eigenvalue weighted by Crippen LogP contribution is -2.48. The average molecular weight is 125 g/mol. The predicted octanol–water partition coefficient (Wildman–Crippen LogP) is 0.0754. The number of aromatic nitrogens is 1. The lowest BCUT2D eigenvalue weighted by molar-refractivity contribution is -0.387. The normalized spacial score (nSPS) is 10.1. The van der Waals surface area contributed by atoms with E-state index < -0.39 is 0 Å². The first kappa shape index (κ1) is 6.36. The zero-order valence-electron chi connectivity index (χ0n) is 6.02. The zero-order chi connectivity index (χ0) is 6.85. The van der Waals surface area contributed by atoms with Gasteiger partial charge in [-0.2, -0.15) is 0 Å². The van der Waals surface area contributed by atoms with Crippen molar-refractivity contribution < 1.29 is 5.73 Å². The number of rotatable bonds is 1. The minimum absolute atomic E-state index is 0.879. The summed E-state index contributed by atoms with van der Waals surface area (Å²) in [6, 6.07) is 4.23. The summed E-state index contributed by atoms with van der Waals surface area (Å²) in [6.07, 6.45) is 0. The van der Waals surface area contributed by atoms with Gasteiger partial charge < -0.3 is 10.3 Å². The Kier molecular flexibility index (Phi) is 1.58. The molecule has 0 aliphatic carbocycles. The maximum absolute atomic E-state index is 3.81. The smallest absolute Gasteiger partial charge is 0.115 e. The minimum atomic E-state index is 0.879. The maximum Gasteiger partial charge on any atom is 0.115 e. The molecule has 0 radical (unpaired) electrons. The molecule has 0 unspecified atom stereocenters. The van der Waals surface area contributed by atoms with E-state index in [0.29, 0.717) is 0 Å². The Bertz CT molecular complexity index is 201. The number of aryl methyl sites for hydroxylation is 1. The molecule has 3 N–H and O–H groups in total. The van der Waals surface area contributed by atoms with Crippen LogP contribution < -0.4 is 5.73 Å². The van der Waals surface area contributed by atoms with E-state index in [-0.39, 0.29) is 0 Å². The Labute approximate surface area is 55.3 Å². The van der Waals surface area contributed by atoms with Crippen molar-refractivity contribution in [3.05, 3.63) is 23.5 Å². The molecule has 2 heteroatoms. The van der Waals surface area contributed by atoms with Crippen LogP contribution in [0.15, 0.2) is 12.1 Å². The third-order valence-corrected chi connectivity index (χ3v) is 1.73. The predicted molar refractivity (Wildman–Crippen MR) is 36.7 cm³/mol. The number of hydrogen-bond acceptors (Lipinski definition) is 0. The molecule has 1 aromatic rings. The van der Waals surface area contributed by atoms with E-state index in [1.54, 1.807) is 0 Å². The Hall–Kier alpha value is -0.760. The van der Waals surface area contributed by atoms with E-state index in [9.17, 15) is 0 Å². The van der Waals surface area contributed by atoms with Crippen molar-refractivity contribution in [2.45, 2.75) is 13.5 Å². The summed E-state index contributed by atoms with van der Waals surface area (Å²) in [5.41, 5.74) is 6.41. The summed E-state index contributed by atoms with van der Waals surface area (Å²) in [7, 11) is 2.07. The first-order valence-corrected chi connectivity index (χ1v) is 3.16. The van der Waals surface area contributed by atoms with E-state index in [1.807, 2.05) is 0 Å². The van der Waals surface area contributed by atoms with Crippen LogP contribution in [0.3, 0.4) is 0 Å². The van der Waals surface area contributed by atoms with Gasteiger partial charge >= 0.3 is 0 Å². The highest BCUT2D eigenvalue weighted by Gasteiger charge is 1.97. The molecule has 1 aromatic heterocycles. The summed E-state index contributed by atoms with van der Waals surface area (Å²) in [6.45, 7) is 2.98. The molecule has 0 saturated heterocycles. The molecule has 50 valence electrons. The standard InChI is InChI=1S/C7H12N2/c1-6-3-4-7(5-8)9(6)2/h3-4H,5,8H2,1-2H3/p+1. The molecule has 0 atom stereocenters. The van der Waals surface area contributed by atoms with Gasteiger partial charge in [-0.25, -0.2) is 0 Å². The lowest BCUT2D eigenvalue weighted by Gasteiger charge is -1.98. The van der Waals surface area contributed by atoms with Crippen LogP contribution in [0.1, 0.15) is 11.4 Å². The molecule has 0 spiro atoms. The SMILES string of the molecule is Cc1ccc(C[NH3+])n1C. The third-order valence-electron chi connectivity index (χ3n) is 1.73. The molecule has 9 heavy (non-hydrogen) atoms. The molecule has 0 amide bonds. The molecule has 1 rings (SSSR count). The fraction of sp³-hybridized carbons (Fsp3) is 0.429. The topological polar surface area (TPSA) is 32.6 Å². The molecule has 2 nitrogen and oxygen atoms in total. The van der Waals surface area contributed by atoms with Gasteiger partial charge in [0.05, 0.1) is 5.69 Å². The van der Waals surface area contributed by atoms with Crippen molar-refractivity contribution in [3.63, 3.8) is 0 Å². The number of nitrogens with zero attached hydrogens (tertiary/aromatic N) is 1. The monoisotopic (exact) mass is 125 g/mol. The van der Waals surface area contributed by atoms with Crippen molar-refractivity contribution >= 4 is 0 Å². The molecule has 0 aliphatic rings. The van der Waals surface area contributed by atoms with Crippen molar-refractivity contribution in [1.29, 1.82) is 0 Å². The first-order valence-electron chi connectivity index (χ1n) is 3.16. The lowest BCUT2D eigenvalue weighted by atomic mass is 10.4. The minimum Gasteiger partial charge on any atom is -0.353 e. The van der Waals surface area contributed by atoms with Gasteiger partial charge in [-0.3, -0.25) is 0 Å². The summed E-state index contributed by atoms with van der Waals surface area (Å²) < 4.78 is 2.16. The van der Waals surface area contributed by atoms with Gasteiger partial charge in [0.15, 0.2) is 0 Å². The van der Waals surface area contributed by atoms with E-state index in [0.717, 1.165) is 6.54 Å². The van der Waals surface area contributed by atoms with E-state index in [2.05, 4.69) is 36.4 Å². The maximum atomic E-state index is 3.81. The Morgan fingerprint density at radius 1 is 1.56 bits per heavy atom. The van der Waals surface area contributed by atoms with Crippen molar-refractivity contribution in [3.8, 4) is 0 Å². The second-order valence-electron chi connectivity index (χ2n) is 2.28. The molecular formula is C7H13N2+. The van der Waals surface area contributed by atoms with Crippen LogP contribution in [0.2, 0.25) is 0 Å². The van der Waals surface area contributed by atoms with Gasteiger partial charge in [-0.15, -0.1) is 0 Å². The Morgan fingerprint density at radius 2 is 2.22 bits per heavy atom. The number of quaternary nitrogens is 1. The second-order valence-corrected chi connectivity index (χ2v) is 2.28. The molecular weight excluding hydrogens is 112 g/mol. The summed E-state index contributed by atoms with van der Waals surface area (Å²) in [5.74, 6) is 0. The van der Waals surface area contributed by atoms with E-state index in [4.69, 9.17) is 0 Å². The largest absolute Gasteiger partial charge is 0.353 e. The highest BCUT2D eigenvalue weighted by molar-refractivity contribution is 5.13. The van der Waals surface area contributed by atoms with Crippen molar-refractivity contribution in [1.82, 2.24) is 4.57 Å². The molecule has 1 heterocycles.